The van der Waals surface area contributed by atoms with Gasteiger partial charge in [0.2, 0.25) is 0 Å². The molecule has 0 saturated carbocycles. The average Bonchev–Trinajstić information content (AvgIpc) is 2.96. The van der Waals surface area contributed by atoms with Gasteiger partial charge in [-0.1, -0.05) is 23.7 Å². The second-order valence-corrected chi connectivity index (χ2v) is 6.38. The van der Waals surface area contributed by atoms with Crippen LogP contribution in [0.15, 0.2) is 18.2 Å². The molecule has 1 aromatic carbocycles. The van der Waals surface area contributed by atoms with Crippen molar-refractivity contribution < 1.29 is 0 Å². The summed E-state index contributed by atoms with van der Waals surface area (Å²) in [6.07, 6.45) is 2.69. The summed E-state index contributed by atoms with van der Waals surface area (Å²) in [6, 6.07) is 6.45. The molecule has 1 aromatic rings. The third kappa shape index (κ3) is 3.25. The van der Waals surface area contributed by atoms with E-state index in [1.54, 1.807) is 0 Å². The van der Waals surface area contributed by atoms with E-state index in [4.69, 9.17) is 11.6 Å². The van der Waals surface area contributed by atoms with Gasteiger partial charge in [0.15, 0.2) is 0 Å². The molecular formula is C15H22Cl2N2. The van der Waals surface area contributed by atoms with Crippen molar-refractivity contribution in [2.24, 2.45) is 5.41 Å². The van der Waals surface area contributed by atoms with Crippen LogP contribution in [0.4, 0.5) is 0 Å². The van der Waals surface area contributed by atoms with E-state index in [-0.39, 0.29) is 12.4 Å². The standard InChI is InChI=1S/C15H21ClN2.ClH/c1-12-2-3-13(8-14(12)16)9-18-7-5-15(11-18)4-6-17-10-15;/h2-3,8,17H,4-7,9-11H2,1H3;1H. The molecule has 2 nitrogen and oxygen atoms in total. The first-order valence-electron chi connectivity index (χ1n) is 6.85. The summed E-state index contributed by atoms with van der Waals surface area (Å²) >= 11 is 6.19. The molecule has 0 radical (unpaired) electrons. The second kappa shape index (κ2) is 6.01. The van der Waals surface area contributed by atoms with Crippen molar-refractivity contribution in [2.45, 2.75) is 26.3 Å². The first-order valence-corrected chi connectivity index (χ1v) is 7.23. The predicted molar refractivity (Wildman–Crippen MR) is 83.3 cm³/mol. The summed E-state index contributed by atoms with van der Waals surface area (Å²) in [5, 5.41) is 4.40. The maximum atomic E-state index is 6.19. The molecule has 1 spiro atoms. The van der Waals surface area contributed by atoms with Crippen LogP contribution in [-0.4, -0.2) is 31.1 Å². The number of hydrogen-bond acceptors (Lipinski definition) is 2. The Balaban J connectivity index is 0.00000133. The Bertz CT molecular complexity index is 442. The van der Waals surface area contributed by atoms with E-state index < -0.39 is 0 Å². The van der Waals surface area contributed by atoms with E-state index in [9.17, 15) is 0 Å². The largest absolute Gasteiger partial charge is 0.316 e. The molecule has 19 heavy (non-hydrogen) atoms. The highest BCUT2D eigenvalue weighted by atomic mass is 35.5. The summed E-state index contributed by atoms with van der Waals surface area (Å²) in [7, 11) is 0. The molecule has 0 bridgehead atoms. The fourth-order valence-electron chi connectivity index (χ4n) is 3.30. The zero-order valence-corrected chi connectivity index (χ0v) is 13.0. The van der Waals surface area contributed by atoms with Crippen molar-refractivity contribution >= 4 is 24.0 Å². The van der Waals surface area contributed by atoms with Gasteiger partial charge in [0.25, 0.3) is 0 Å². The van der Waals surface area contributed by atoms with Crippen LogP contribution in [0.1, 0.15) is 24.0 Å². The van der Waals surface area contributed by atoms with Crippen molar-refractivity contribution in [3.8, 4) is 0 Å². The number of hydrogen-bond donors (Lipinski definition) is 1. The lowest BCUT2D eigenvalue weighted by molar-refractivity contribution is 0.268. The molecule has 3 rings (SSSR count). The number of benzene rings is 1. The third-order valence-corrected chi connectivity index (χ3v) is 4.90. The van der Waals surface area contributed by atoms with E-state index in [0.29, 0.717) is 5.41 Å². The highest BCUT2D eigenvalue weighted by molar-refractivity contribution is 6.31. The number of rotatable bonds is 2. The molecule has 0 aliphatic carbocycles. The maximum absolute atomic E-state index is 6.19. The summed E-state index contributed by atoms with van der Waals surface area (Å²) in [4.78, 5) is 2.58. The Morgan fingerprint density at radius 1 is 1.37 bits per heavy atom. The molecule has 2 fully saturated rings. The van der Waals surface area contributed by atoms with Gasteiger partial charge >= 0.3 is 0 Å². The molecule has 1 unspecified atom stereocenters. The van der Waals surface area contributed by atoms with Gasteiger partial charge in [0.1, 0.15) is 0 Å². The zero-order valence-electron chi connectivity index (χ0n) is 11.4. The van der Waals surface area contributed by atoms with Crippen molar-refractivity contribution in [1.29, 1.82) is 0 Å². The Labute approximate surface area is 126 Å². The highest BCUT2D eigenvalue weighted by Crippen LogP contribution is 2.36. The van der Waals surface area contributed by atoms with Crippen molar-refractivity contribution in [1.82, 2.24) is 10.2 Å². The van der Waals surface area contributed by atoms with Gasteiger partial charge in [-0.25, -0.2) is 0 Å². The number of halogens is 2. The Hall–Kier alpha value is -0.280. The fraction of sp³-hybridized carbons (Fsp3) is 0.600. The average molecular weight is 301 g/mol. The lowest BCUT2D eigenvalue weighted by atomic mass is 9.86. The van der Waals surface area contributed by atoms with Crippen LogP contribution in [-0.2, 0) is 6.54 Å². The van der Waals surface area contributed by atoms with Gasteiger partial charge in [-0.3, -0.25) is 4.90 Å². The fourth-order valence-corrected chi connectivity index (χ4v) is 3.50. The van der Waals surface area contributed by atoms with Crippen molar-refractivity contribution in [3.63, 3.8) is 0 Å². The van der Waals surface area contributed by atoms with E-state index in [2.05, 4.69) is 35.3 Å². The van der Waals surface area contributed by atoms with E-state index >= 15 is 0 Å². The molecule has 0 aromatic heterocycles. The minimum absolute atomic E-state index is 0. The van der Waals surface area contributed by atoms with Crippen LogP contribution >= 0.6 is 24.0 Å². The summed E-state index contributed by atoms with van der Waals surface area (Å²) < 4.78 is 0. The van der Waals surface area contributed by atoms with Crippen LogP contribution in [0.2, 0.25) is 5.02 Å². The quantitative estimate of drug-likeness (QED) is 0.902. The summed E-state index contributed by atoms with van der Waals surface area (Å²) in [5.41, 5.74) is 3.07. The SMILES string of the molecule is Cc1ccc(CN2CCC3(CCNC3)C2)cc1Cl.Cl. The van der Waals surface area contributed by atoms with Crippen LogP contribution in [0.25, 0.3) is 0 Å². The monoisotopic (exact) mass is 300 g/mol. The Morgan fingerprint density at radius 3 is 2.89 bits per heavy atom. The molecule has 2 aliphatic rings. The van der Waals surface area contributed by atoms with E-state index in [1.165, 1.54) is 50.1 Å². The van der Waals surface area contributed by atoms with Crippen molar-refractivity contribution in [3.05, 3.63) is 34.3 Å². The van der Waals surface area contributed by atoms with Crippen LogP contribution in [0.5, 0.6) is 0 Å². The molecule has 4 heteroatoms. The van der Waals surface area contributed by atoms with E-state index in [0.717, 1.165) is 11.6 Å². The lowest BCUT2D eigenvalue weighted by Crippen LogP contribution is -2.28. The van der Waals surface area contributed by atoms with Crippen molar-refractivity contribution in [2.75, 3.05) is 26.2 Å². The molecular weight excluding hydrogens is 279 g/mol. The normalized spacial score (nSPS) is 26.8. The second-order valence-electron chi connectivity index (χ2n) is 5.97. The third-order valence-electron chi connectivity index (χ3n) is 4.49. The molecule has 2 aliphatic heterocycles. The van der Waals surface area contributed by atoms with Crippen LogP contribution < -0.4 is 5.32 Å². The number of aryl methyl sites for hydroxylation is 1. The van der Waals surface area contributed by atoms with Gasteiger partial charge in [-0.15, -0.1) is 12.4 Å². The molecule has 0 amide bonds. The molecule has 1 atom stereocenters. The topological polar surface area (TPSA) is 15.3 Å². The minimum atomic E-state index is 0. The van der Waals surface area contributed by atoms with Gasteiger partial charge in [-0.05, 0) is 55.5 Å². The Morgan fingerprint density at radius 2 is 2.21 bits per heavy atom. The van der Waals surface area contributed by atoms with Crippen LogP contribution in [0.3, 0.4) is 0 Å². The Kier molecular flexibility index (Phi) is 4.78. The maximum Gasteiger partial charge on any atom is 0.0438 e. The van der Waals surface area contributed by atoms with Gasteiger partial charge in [0.05, 0.1) is 0 Å². The van der Waals surface area contributed by atoms with Gasteiger partial charge in [0, 0.05) is 24.7 Å². The number of nitrogens with one attached hydrogen (secondary N) is 1. The van der Waals surface area contributed by atoms with E-state index in [1.807, 2.05) is 0 Å². The zero-order chi connectivity index (χ0) is 12.6. The number of likely N-dealkylation sites (tertiary alicyclic amines) is 1. The lowest BCUT2D eigenvalue weighted by Gasteiger charge is -2.23. The summed E-state index contributed by atoms with van der Waals surface area (Å²) in [5.74, 6) is 0. The minimum Gasteiger partial charge on any atom is -0.316 e. The van der Waals surface area contributed by atoms with Gasteiger partial charge in [-0.2, -0.15) is 0 Å². The first kappa shape index (κ1) is 15.1. The molecule has 106 valence electrons. The first-order chi connectivity index (χ1) is 8.67. The number of nitrogens with zero attached hydrogens (tertiary/aromatic N) is 1. The van der Waals surface area contributed by atoms with Gasteiger partial charge < -0.3 is 5.32 Å². The summed E-state index contributed by atoms with van der Waals surface area (Å²) in [6.45, 7) is 7.98. The predicted octanol–water partition coefficient (Wildman–Crippen LogP) is 3.26. The smallest absolute Gasteiger partial charge is 0.0438 e. The molecule has 2 saturated heterocycles. The molecule has 2 heterocycles. The molecule has 1 N–H and O–H groups in total. The van der Waals surface area contributed by atoms with Crippen LogP contribution in [0, 0.1) is 12.3 Å². The highest BCUT2D eigenvalue weighted by Gasteiger charge is 2.39.